The Balaban J connectivity index is 1.92. The molecule has 1 aliphatic rings. The molecule has 0 N–H and O–H groups in total. The van der Waals surface area contributed by atoms with E-state index in [-0.39, 0.29) is 50.5 Å². The van der Waals surface area contributed by atoms with Gasteiger partial charge in [0.05, 0.1) is 11.3 Å². The Morgan fingerprint density at radius 1 is 1.07 bits per heavy atom. The van der Waals surface area contributed by atoms with Gasteiger partial charge < -0.3 is 9.64 Å². The summed E-state index contributed by atoms with van der Waals surface area (Å²) < 4.78 is 32.3. The second-order valence-electron chi connectivity index (χ2n) is 8.45. The molecular weight excluding hydrogens is 380 g/mol. The number of hydrogen-bond donors (Lipinski definition) is 0. The smallest absolute Gasteiger partial charge is 0.306 e. The van der Waals surface area contributed by atoms with Crippen molar-refractivity contribution in [2.75, 3.05) is 32.8 Å². The van der Waals surface area contributed by atoms with Crippen LogP contribution >= 0.6 is 0 Å². The van der Waals surface area contributed by atoms with Crippen molar-refractivity contribution in [1.82, 2.24) is 9.21 Å². The first-order chi connectivity index (χ1) is 12.9. The van der Waals surface area contributed by atoms with E-state index in [2.05, 4.69) is 0 Å². The van der Waals surface area contributed by atoms with Gasteiger partial charge in [-0.25, -0.2) is 8.42 Å². The molecule has 7 nitrogen and oxygen atoms in total. The summed E-state index contributed by atoms with van der Waals surface area (Å²) in [4.78, 5) is 25.9. The Hall–Kier alpha value is -1.93. The average molecular weight is 411 g/mol. The van der Waals surface area contributed by atoms with Crippen LogP contribution in [0, 0.1) is 19.3 Å². The number of carbonyl (C=O) groups excluding carboxylic acids is 2. The number of hydrogen-bond acceptors (Lipinski definition) is 5. The van der Waals surface area contributed by atoms with Gasteiger partial charge in [0.25, 0.3) is 5.91 Å². The number of amides is 1. The number of ether oxygens (including phenoxy) is 1. The van der Waals surface area contributed by atoms with Crippen molar-refractivity contribution in [3.8, 4) is 0 Å². The normalized spacial score (nSPS) is 16.1. The van der Waals surface area contributed by atoms with Gasteiger partial charge in [-0.15, -0.1) is 0 Å². The molecule has 0 spiro atoms. The predicted octanol–water partition coefficient (Wildman–Crippen LogP) is 2.12. The van der Waals surface area contributed by atoms with Crippen LogP contribution in [0.4, 0.5) is 0 Å². The maximum Gasteiger partial charge on any atom is 0.306 e. The van der Waals surface area contributed by atoms with Crippen LogP contribution in [0.2, 0.25) is 0 Å². The molecule has 1 amide bonds. The van der Waals surface area contributed by atoms with Crippen LogP contribution in [-0.2, 0) is 24.3 Å². The first kappa shape index (κ1) is 22.4. The molecule has 1 aromatic carbocycles. The van der Waals surface area contributed by atoms with Gasteiger partial charge >= 0.3 is 5.97 Å². The van der Waals surface area contributed by atoms with Crippen LogP contribution < -0.4 is 0 Å². The summed E-state index contributed by atoms with van der Waals surface area (Å²) in [6.07, 6.45) is 0.238. The summed E-state index contributed by atoms with van der Waals surface area (Å²) in [5, 5.41) is 0. The van der Waals surface area contributed by atoms with Gasteiger partial charge in [0.15, 0.2) is 6.61 Å². The molecule has 0 aliphatic carbocycles. The summed E-state index contributed by atoms with van der Waals surface area (Å²) in [6, 6.07) is 5.36. The third-order valence-electron chi connectivity index (χ3n) is 4.58. The van der Waals surface area contributed by atoms with Crippen molar-refractivity contribution >= 4 is 21.9 Å². The zero-order valence-corrected chi connectivity index (χ0v) is 18.1. The van der Waals surface area contributed by atoms with Crippen molar-refractivity contribution in [2.45, 2.75) is 45.9 Å². The zero-order valence-electron chi connectivity index (χ0n) is 17.3. The molecule has 2 rings (SSSR count). The predicted molar refractivity (Wildman–Crippen MR) is 106 cm³/mol. The molecule has 28 heavy (non-hydrogen) atoms. The summed E-state index contributed by atoms with van der Waals surface area (Å²) in [6.45, 7) is 10.1. The van der Waals surface area contributed by atoms with Crippen LogP contribution in [0.5, 0.6) is 0 Å². The topological polar surface area (TPSA) is 84.0 Å². The molecule has 1 fully saturated rings. The quantitative estimate of drug-likeness (QED) is 0.694. The molecule has 156 valence electrons. The van der Waals surface area contributed by atoms with Crippen molar-refractivity contribution < 1.29 is 22.7 Å². The van der Waals surface area contributed by atoms with Crippen molar-refractivity contribution in [1.29, 1.82) is 0 Å². The number of benzene rings is 1. The number of rotatable bonds is 5. The fourth-order valence-corrected chi connectivity index (χ4v) is 4.75. The molecule has 0 radical (unpaired) electrons. The molecule has 0 aromatic heterocycles. The molecule has 0 unspecified atom stereocenters. The van der Waals surface area contributed by atoms with Crippen LogP contribution in [0.1, 0.15) is 38.3 Å². The van der Waals surface area contributed by atoms with E-state index in [1.54, 1.807) is 24.0 Å². The first-order valence-electron chi connectivity index (χ1n) is 9.41. The summed E-state index contributed by atoms with van der Waals surface area (Å²) >= 11 is 0. The minimum Gasteiger partial charge on any atom is -0.456 e. The van der Waals surface area contributed by atoms with Crippen molar-refractivity contribution in [3.05, 3.63) is 29.3 Å². The van der Waals surface area contributed by atoms with E-state index in [1.807, 2.05) is 33.8 Å². The summed E-state index contributed by atoms with van der Waals surface area (Å²) in [7, 11) is -3.60. The number of aryl methyl sites for hydroxylation is 2. The minimum absolute atomic E-state index is 0.200. The minimum atomic E-state index is -3.60. The fraction of sp³-hybridized carbons (Fsp3) is 0.600. The lowest BCUT2D eigenvalue weighted by atomic mass is 9.92. The summed E-state index contributed by atoms with van der Waals surface area (Å²) in [5.41, 5.74) is 1.39. The third kappa shape index (κ3) is 5.78. The number of esters is 1. The van der Waals surface area contributed by atoms with E-state index in [0.717, 1.165) is 5.56 Å². The maximum atomic E-state index is 12.9. The standard InChI is InChI=1S/C20H30N2O5S/c1-15-6-7-16(2)17(12-15)28(25,26)22-10-8-21(9-11-22)18(23)14-27-19(24)13-20(3,4)5/h6-7,12H,8-11,13-14H2,1-5H3. The number of nitrogens with zero attached hydrogens (tertiary/aromatic N) is 2. The highest BCUT2D eigenvalue weighted by Crippen LogP contribution is 2.22. The van der Waals surface area contributed by atoms with Gasteiger partial charge in [-0.05, 0) is 36.5 Å². The van der Waals surface area contributed by atoms with E-state index >= 15 is 0 Å². The van der Waals surface area contributed by atoms with Crippen LogP contribution in [0.3, 0.4) is 0 Å². The molecule has 1 heterocycles. The van der Waals surface area contributed by atoms with E-state index in [4.69, 9.17) is 4.74 Å². The summed E-state index contributed by atoms with van der Waals surface area (Å²) in [5.74, 6) is -0.706. The largest absolute Gasteiger partial charge is 0.456 e. The molecule has 1 saturated heterocycles. The Morgan fingerprint density at radius 3 is 2.25 bits per heavy atom. The van der Waals surface area contributed by atoms with E-state index in [9.17, 15) is 18.0 Å². The highest BCUT2D eigenvalue weighted by Gasteiger charge is 2.31. The van der Waals surface area contributed by atoms with E-state index in [0.29, 0.717) is 10.5 Å². The lowest BCUT2D eigenvalue weighted by molar-refractivity contribution is -0.154. The van der Waals surface area contributed by atoms with Gasteiger partial charge in [-0.2, -0.15) is 4.31 Å². The highest BCUT2D eigenvalue weighted by molar-refractivity contribution is 7.89. The van der Waals surface area contributed by atoms with Crippen LogP contribution in [0.15, 0.2) is 23.1 Å². The van der Waals surface area contributed by atoms with Crippen molar-refractivity contribution in [2.24, 2.45) is 5.41 Å². The monoisotopic (exact) mass is 410 g/mol. The molecular formula is C20H30N2O5S. The Morgan fingerprint density at radius 2 is 1.68 bits per heavy atom. The fourth-order valence-electron chi connectivity index (χ4n) is 3.02. The lowest BCUT2D eigenvalue weighted by Crippen LogP contribution is -2.51. The van der Waals surface area contributed by atoms with Crippen LogP contribution in [0.25, 0.3) is 0 Å². The molecule has 1 aliphatic heterocycles. The Labute approximate surface area is 167 Å². The number of sulfonamides is 1. The highest BCUT2D eigenvalue weighted by atomic mass is 32.2. The van der Waals surface area contributed by atoms with Gasteiger partial charge in [0.2, 0.25) is 10.0 Å². The lowest BCUT2D eigenvalue weighted by Gasteiger charge is -2.34. The van der Waals surface area contributed by atoms with E-state index < -0.39 is 16.0 Å². The molecule has 1 aromatic rings. The van der Waals surface area contributed by atoms with Gasteiger partial charge in [0.1, 0.15) is 0 Å². The third-order valence-corrected chi connectivity index (χ3v) is 6.62. The first-order valence-corrected chi connectivity index (χ1v) is 10.8. The zero-order chi connectivity index (χ0) is 21.1. The van der Waals surface area contributed by atoms with Crippen molar-refractivity contribution in [3.63, 3.8) is 0 Å². The van der Waals surface area contributed by atoms with Crippen LogP contribution in [-0.4, -0.2) is 62.3 Å². The molecule has 0 saturated carbocycles. The van der Waals surface area contributed by atoms with Gasteiger partial charge in [0, 0.05) is 26.2 Å². The molecule has 8 heteroatoms. The second-order valence-corrected chi connectivity index (χ2v) is 10.4. The SMILES string of the molecule is Cc1ccc(C)c(S(=O)(=O)N2CCN(C(=O)COC(=O)CC(C)(C)C)CC2)c1. The Kier molecular flexibility index (Phi) is 6.88. The molecule has 0 atom stereocenters. The Bertz CT molecular complexity index is 835. The number of piperazine rings is 1. The molecule has 0 bridgehead atoms. The second kappa shape index (κ2) is 8.61. The number of carbonyl (C=O) groups is 2. The average Bonchev–Trinajstić information content (AvgIpc) is 2.60. The van der Waals surface area contributed by atoms with Gasteiger partial charge in [-0.1, -0.05) is 32.9 Å². The maximum absolute atomic E-state index is 12.9. The van der Waals surface area contributed by atoms with E-state index in [1.165, 1.54) is 4.31 Å². The van der Waals surface area contributed by atoms with Gasteiger partial charge in [-0.3, -0.25) is 9.59 Å².